The van der Waals surface area contributed by atoms with Crippen molar-refractivity contribution in [2.75, 3.05) is 22.5 Å². The molecule has 7 N–H and O–H groups in total. The van der Waals surface area contributed by atoms with E-state index in [9.17, 15) is 19.2 Å². The highest BCUT2D eigenvalue weighted by Gasteiger charge is 2.20. The number of hydrogen-bond donors (Lipinski definition) is 6. The summed E-state index contributed by atoms with van der Waals surface area (Å²) in [4.78, 5) is 53.8. The molecule has 0 bridgehead atoms. The Kier molecular flexibility index (Phi) is 8.46. The standard InChI is InChI=1S/C22H26BrN11O4/c1-11(23)19(35)30-17-10-33(3)18(28-17)22(38)27-12-7-13(32(2)9-12)21(37)29-16-8-14(34(4)31-16)20(36)26-6-5-15(24)25/h7-10H,1,5-6H2,2-4H3,(H3,24,25)(H,26,36)(H,27,38)(H,30,35)(H,29,31,37). The number of hydrogen-bond acceptors (Lipinski definition) is 7. The van der Waals surface area contributed by atoms with E-state index < -0.39 is 23.6 Å². The lowest BCUT2D eigenvalue weighted by atomic mass is 10.3. The highest BCUT2D eigenvalue weighted by molar-refractivity contribution is 9.12. The largest absolute Gasteiger partial charge is 0.388 e. The summed E-state index contributed by atoms with van der Waals surface area (Å²) >= 11 is 2.97. The van der Waals surface area contributed by atoms with Gasteiger partial charge in [0.2, 0.25) is 5.82 Å². The molecule has 4 amide bonds. The van der Waals surface area contributed by atoms with Crippen molar-refractivity contribution in [2.24, 2.45) is 26.9 Å². The van der Waals surface area contributed by atoms with Gasteiger partial charge in [0.15, 0.2) is 11.6 Å². The first-order chi connectivity index (χ1) is 17.8. The molecule has 38 heavy (non-hydrogen) atoms. The molecule has 0 saturated carbocycles. The molecule has 0 saturated heterocycles. The van der Waals surface area contributed by atoms with Gasteiger partial charge in [0.1, 0.15) is 11.4 Å². The van der Waals surface area contributed by atoms with Crippen molar-refractivity contribution in [1.29, 1.82) is 5.41 Å². The fourth-order valence-electron chi connectivity index (χ4n) is 3.29. The molecule has 3 heterocycles. The molecule has 0 fully saturated rings. The van der Waals surface area contributed by atoms with Crippen LogP contribution in [0, 0.1) is 5.41 Å². The molecule has 0 spiro atoms. The Labute approximate surface area is 225 Å². The number of aryl methyl sites for hydroxylation is 3. The van der Waals surface area contributed by atoms with Crippen LogP contribution in [0.15, 0.2) is 35.6 Å². The Morgan fingerprint density at radius 2 is 1.68 bits per heavy atom. The molecule has 0 aliphatic carbocycles. The van der Waals surface area contributed by atoms with Gasteiger partial charge in [-0.2, -0.15) is 5.10 Å². The van der Waals surface area contributed by atoms with Crippen LogP contribution in [0.25, 0.3) is 0 Å². The molecule has 3 aromatic rings. The maximum atomic E-state index is 12.9. The first-order valence-electron chi connectivity index (χ1n) is 11.0. The Bertz CT molecular complexity index is 1450. The van der Waals surface area contributed by atoms with Gasteiger partial charge in [-0.1, -0.05) is 6.58 Å². The Morgan fingerprint density at radius 3 is 2.34 bits per heavy atom. The van der Waals surface area contributed by atoms with E-state index in [0.717, 1.165) is 0 Å². The topological polar surface area (TPSA) is 207 Å². The van der Waals surface area contributed by atoms with E-state index in [-0.39, 0.29) is 52.1 Å². The van der Waals surface area contributed by atoms with Gasteiger partial charge in [0, 0.05) is 52.6 Å². The molecule has 0 atom stereocenters. The highest BCUT2D eigenvalue weighted by Crippen LogP contribution is 2.17. The smallest absolute Gasteiger partial charge is 0.291 e. The van der Waals surface area contributed by atoms with Crippen LogP contribution in [0.3, 0.4) is 0 Å². The van der Waals surface area contributed by atoms with Gasteiger partial charge in [-0.3, -0.25) is 29.3 Å². The molecule has 3 rings (SSSR count). The lowest BCUT2D eigenvalue weighted by molar-refractivity contribution is -0.112. The molecule has 0 unspecified atom stereocenters. The summed E-state index contributed by atoms with van der Waals surface area (Å²) in [5.74, 6) is -1.72. The number of nitrogens with one attached hydrogen (secondary N) is 5. The van der Waals surface area contributed by atoms with Crippen molar-refractivity contribution >= 4 is 62.7 Å². The number of carbonyl (C=O) groups is 4. The zero-order valence-corrected chi connectivity index (χ0v) is 22.3. The number of amides is 4. The monoisotopic (exact) mass is 587 g/mol. The van der Waals surface area contributed by atoms with Gasteiger partial charge >= 0.3 is 0 Å². The van der Waals surface area contributed by atoms with Gasteiger partial charge in [0.05, 0.1) is 16.0 Å². The number of amidine groups is 1. The average molecular weight is 588 g/mol. The van der Waals surface area contributed by atoms with Crippen LogP contribution < -0.4 is 27.0 Å². The zero-order chi connectivity index (χ0) is 28.1. The van der Waals surface area contributed by atoms with Crippen LogP contribution in [-0.2, 0) is 25.9 Å². The quantitative estimate of drug-likeness (QED) is 0.114. The van der Waals surface area contributed by atoms with Crippen LogP contribution in [0.4, 0.5) is 17.3 Å². The van der Waals surface area contributed by atoms with Crippen molar-refractivity contribution in [3.05, 3.63) is 52.8 Å². The lowest BCUT2D eigenvalue weighted by Gasteiger charge is -2.03. The molecule has 200 valence electrons. The number of carbonyl (C=O) groups excluding carboxylic acids is 4. The molecule has 3 aromatic heterocycles. The van der Waals surface area contributed by atoms with E-state index >= 15 is 0 Å². The van der Waals surface area contributed by atoms with Gasteiger partial charge in [-0.25, -0.2) is 4.98 Å². The van der Waals surface area contributed by atoms with Crippen LogP contribution in [0.1, 0.15) is 38.0 Å². The maximum Gasteiger partial charge on any atom is 0.291 e. The summed E-state index contributed by atoms with van der Waals surface area (Å²) in [5, 5.41) is 21.8. The van der Waals surface area contributed by atoms with Crippen LogP contribution in [-0.4, -0.2) is 59.9 Å². The summed E-state index contributed by atoms with van der Waals surface area (Å²) in [6, 6.07) is 2.88. The predicted octanol–water partition coefficient (Wildman–Crippen LogP) is 0.900. The van der Waals surface area contributed by atoms with Crippen LogP contribution in [0.2, 0.25) is 0 Å². The number of nitrogens with two attached hydrogens (primary N) is 1. The molecule has 0 aliphatic heterocycles. The number of aromatic nitrogens is 5. The second kappa shape index (κ2) is 11.5. The van der Waals surface area contributed by atoms with E-state index in [0.29, 0.717) is 5.69 Å². The summed E-state index contributed by atoms with van der Waals surface area (Å²) in [7, 11) is 4.77. The summed E-state index contributed by atoms with van der Waals surface area (Å²) in [5.41, 5.74) is 6.03. The molecule has 0 radical (unpaired) electrons. The third-order valence-corrected chi connectivity index (χ3v) is 5.46. The van der Waals surface area contributed by atoms with Gasteiger partial charge in [-0.05, 0) is 22.0 Å². The van der Waals surface area contributed by atoms with Crippen molar-refractivity contribution in [2.45, 2.75) is 6.42 Å². The fourth-order valence-corrected chi connectivity index (χ4v) is 3.39. The van der Waals surface area contributed by atoms with E-state index in [2.05, 4.69) is 53.9 Å². The maximum absolute atomic E-state index is 12.9. The van der Waals surface area contributed by atoms with Crippen molar-refractivity contribution in [3.63, 3.8) is 0 Å². The number of nitrogens with zero attached hydrogens (tertiary/aromatic N) is 5. The lowest BCUT2D eigenvalue weighted by Crippen LogP contribution is -2.29. The van der Waals surface area contributed by atoms with Crippen molar-refractivity contribution < 1.29 is 19.2 Å². The van der Waals surface area contributed by atoms with Crippen molar-refractivity contribution in [1.82, 2.24) is 29.2 Å². The Hall–Kier alpha value is -4.73. The normalized spacial score (nSPS) is 10.5. The first-order valence-corrected chi connectivity index (χ1v) is 11.8. The number of rotatable bonds is 10. The Morgan fingerprint density at radius 1 is 0.974 bits per heavy atom. The molecule has 0 aliphatic rings. The third-order valence-electron chi connectivity index (χ3n) is 5.10. The molecule has 0 aromatic carbocycles. The van der Waals surface area contributed by atoms with Gasteiger partial charge in [0.25, 0.3) is 23.6 Å². The SMILES string of the molecule is C=C(Br)C(=O)Nc1cn(C)c(C(=O)Nc2cc(C(=O)Nc3cc(C(=O)NCCC(=N)N)n(C)n3)n(C)c2)n1. The first kappa shape index (κ1) is 27.9. The minimum absolute atomic E-state index is 0.0259. The number of anilines is 3. The Balaban J connectivity index is 1.66. The molecule has 15 nitrogen and oxygen atoms in total. The van der Waals surface area contributed by atoms with E-state index in [4.69, 9.17) is 11.1 Å². The zero-order valence-electron chi connectivity index (χ0n) is 20.8. The highest BCUT2D eigenvalue weighted by atomic mass is 79.9. The minimum atomic E-state index is -0.562. The van der Waals surface area contributed by atoms with E-state index in [1.54, 1.807) is 27.3 Å². The summed E-state index contributed by atoms with van der Waals surface area (Å²) in [6.07, 6.45) is 3.22. The molecule has 16 heteroatoms. The molecular weight excluding hydrogens is 562 g/mol. The van der Waals surface area contributed by atoms with Gasteiger partial charge < -0.3 is 36.1 Å². The average Bonchev–Trinajstić information content (AvgIpc) is 3.49. The summed E-state index contributed by atoms with van der Waals surface area (Å²) in [6.45, 7) is 3.67. The number of halogens is 1. The predicted molar refractivity (Wildman–Crippen MR) is 143 cm³/mol. The second-order valence-corrected chi connectivity index (χ2v) is 9.08. The van der Waals surface area contributed by atoms with Crippen LogP contribution in [0.5, 0.6) is 0 Å². The third kappa shape index (κ3) is 6.73. The fraction of sp³-hybridized carbons (Fsp3) is 0.227. The second-order valence-electron chi connectivity index (χ2n) is 8.12. The van der Waals surface area contributed by atoms with E-state index in [1.165, 1.54) is 32.1 Å². The van der Waals surface area contributed by atoms with E-state index in [1.807, 2.05) is 0 Å². The van der Waals surface area contributed by atoms with Crippen LogP contribution >= 0.6 is 15.9 Å². The number of imidazole rings is 1. The molecular formula is C22H26BrN11O4. The van der Waals surface area contributed by atoms with Gasteiger partial charge in [-0.15, -0.1) is 0 Å². The van der Waals surface area contributed by atoms with Crippen molar-refractivity contribution in [3.8, 4) is 0 Å². The summed E-state index contributed by atoms with van der Waals surface area (Å²) < 4.78 is 4.37. The minimum Gasteiger partial charge on any atom is -0.388 e.